The van der Waals surface area contributed by atoms with Crippen molar-refractivity contribution >= 4 is 17.7 Å². The fourth-order valence-electron chi connectivity index (χ4n) is 0.274. The molecule has 0 fully saturated rings. The highest BCUT2D eigenvalue weighted by Crippen LogP contribution is 1.71. The molecule has 0 amide bonds. The van der Waals surface area contributed by atoms with Crippen LogP contribution in [0, 0.1) is 0 Å². The molecule has 48 valence electrons. The molecular formula is C4H9NO2S. The molecule has 0 bridgehead atoms. The van der Waals surface area contributed by atoms with Gasteiger partial charge in [-0.05, 0) is 0 Å². The first-order valence-corrected chi connectivity index (χ1v) is 2.75. The molecule has 0 heterocycles. The SMILES string of the molecule is O=C(S)CNCCO. The van der Waals surface area contributed by atoms with Crippen molar-refractivity contribution in [3.8, 4) is 0 Å². The van der Waals surface area contributed by atoms with E-state index in [1.54, 1.807) is 0 Å². The van der Waals surface area contributed by atoms with E-state index in [1.807, 2.05) is 0 Å². The molecule has 0 aliphatic carbocycles. The standard InChI is InChI=1S/C4H9NO2S/c6-2-1-5-3-4(7)8/h5-6H,1-3H2,(H,7,8). The van der Waals surface area contributed by atoms with Crippen molar-refractivity contribution < 1.29 is 9.90 Å². The highest BCUT2D eigenvalue weighted by molar-refractivity contribution is 7.96. The van der Waals surface area contributed by atoms with Crippen molar-refractivity contribution in [1.29, 1.82) is 0 Å². The molecule has 4 heteroatoms. The minimum Gasteiger partial charge on any atom is -0.395 e. The Labute approximate surface area is 53.5 Å². The van der Waals surface area contributed by atoms with Crippen LogP contribution in [-0.2, 0) is 4.79 Å². The quantitative estimate of drug-likeness (QED) is 0.343. The van der Waals surface area contributed by atoms with E-state index in [9.17, 15) is 4.79 Å². The molecule has 2 N–H and O–H groups in total. The Kier molecular flexibility index (Phi) is 5.05. The van der Waals surface area contributed by atoms with Gasteiger partial charge in [0, 0.05) is 6.54 Å². The van der Waals surface area contributed by atoms with E-state index in [0.29, 0.717) is 6.54 Å². The van der Waals surface area contributed by atoms with Crippen molar-refractivity contribution in [2.45, 2.75) is 0 Å². The lowest BCUT2D eigenvalue weighted by atomic mass is 10.6. The summed E-state index contributed by atoms with van der Waals surface area (Å²) in [5.74, 6) is 0. The predicted octanol–water partition coefficient (Wildman–Crippen LogP) is -0.975. The van der Waals surface area contributed by atoms with Crippen LogP contribution in [-0.4, -0.2) is 29.9 Å². The second kappa shape index (κ2) is 5.08. The molecule has 0 saturated carbocycles. The molecule has 0 aromatic carbocycles. The van der Waals surface area contributed by atoms with E-state index in [1.165, 1.54) is 0 Å². The van der Waals surface area contributed by atoms with Crippen LogP contribution in [0.3, 0.4) is 0 Å². The lowest BCUT2D eigenvalue weighted by molar-refractivity contribution is -0.110. The van der Waals surface area contributed by atoms with Crippen molar-refractivity contribution in [3.05, 3.63) is 0 Å². The van der Waals surface area contributed by atoms with Gasteiger partial charge in [-0.2, -0.15) is 0 Å². The Bertz CT molecular complexity index is 76.4. The largest absolute Gasteiger partial charge is 0.395 e. The van der Waals surface area contributed by atoms with Gasteiger partial charge in [-0.25, -0.2) is 0 Å². The molecule has 0 unspecified atom stereocenters. The van der Waals surface area contributed by atoms with E-state index in [-0.39, 0.29) is 18.3 Å². The summed E-state index contributed by atoms with van der Waals surface area (Å²) in [4.78, 5) is 10.0. The number of thiol groups is 1. The van der Waals surface area contributed by atoms with E-state index >= 15 is 0 Å². The molecule has 0 aliphatic rings. The second-order valence-corrected chi connectivity index (χ2v) is 1.79. The van der Waals surface area contributed by atoms with Crippen molar-refractivity contribution in [1.82, 2.24) is 5.32 Å². The van der Waals surface area contributed by atoms with Gasteiger partial charge in [-0.1, -0.05) is 0 Å². The van der Waals surface area contributed by atoms with Gasteiger partial charge in [-0.3, -0.25) is 4.79 Å². The second-order valence-electron chi connectivity index (χ2n) is 1.29. The number of aliphatic hydroxyl groups excluding tert-OH is 1. The third-order valence-electron chi connectivity index (χ3n) is 0.565. The number of aliphatic hydroxyl groups is 1. The van der Waals surface area contributed by atoms with Crippen LogP contribution in [0.25, 0.3) is 0 Å². The first-order valence-electron chi connectivity index (χ1n) is 2.30. The summed E-state index contributed by atoms with van der Waals surface area (Å²) in [7, 11) is 0. The van der Waals surface area contributed by atoms with Gasteiger partial charge < -0.3 is 10.4 Å². The van der Waals surface area contributed by atoms with Crippen LogP contribution in [0.1, 0.15) is 0 Å². The van der Waals surface area contributed by atoms with E-state index in [4.69, 9.17) is 5.11 Å². The summed E-state index contributed by atoms with van der Waals surface area (Å²) in [5.41, 5.74) is 0. The van der Waals surface area contributed by atoms with Crippen LogP contribution in [0.15, 0.2) is 0 Å². The maximum absolute atomic E-state index is 10.0. The smallest absolute Gasteiger partial charge is 0.199 e. The Morgan fingerprint density at radius 1 is 1.75 bits per heavy atom. The Morgan fingerprint density at radius 3 is 2.75 bits per heavy atom. The van der Waals surface area contributed by atoms with Crippen LogP contribution in [0.2, 0.25) is 0 Å². The van der Waals surface area contributed by atoms with Gasteiger partial charge >= 0.3 is 0 Å². The van der Waals surface area contributed by atoms with Crippen molar-refractivity contribution in [2.75, 3.05) is 19.7 Å². The lowest BCUT2D eigenvalue weighted by Gasteiger charge is -1.94. The highest BCUT2D eigenvalue weighted by Gasteiger charge is 1.89. The summed E-state index contributed by atoms with van der Waals surface area (Å²) in [6.07, 6.45) is 0. The zero-order valence-electron chi connectivity index (χ0n) is 4.42. The lowest BCUT2D eigenvalue weighted by Crippen LogP contribution is -2.22. The molecule has 3 nitrogen and oxygen atoms in total. The monoisotopic (exact) mass is 135 g/mol. The van der Waals surface area contributed by atoms with Gasteiger partial charge in [-0.15, -0.1) is 12.6 Å². The topological polar surface area (TPSA) is 49.3 Å². The summed E-state index contributed by atoms with van der Waals surface area (Å²) in [6.45, 7) is 0.733. The maximum atomic E-state index is 10.0. The third kappa shape index (κ3) is 5.94. The first kappa shape index (κ1) is 7.94. The third-order valence-corrected chi connectivity index (χ3v) is 0.723. The van der Waals surface area contributed by atoms with Gasteiger partial charge in [0.25, 0.3) is 0 Å². The zero-order chi connectivity index (χ0) is 6.41. The fraction of sp³-hybridized carbons (Fsp3) is 0.750. The number of rotatable bonds is 4. The van der Waals surface area contributed by atoms with E-state index < -0.39 is 0 Å². The molecule has 0 rings (SSSR count). The Morgan fingerprint density at radius 2 is 2.38 bits per heavy atom. The molecular weight excluding hydrogens is 126 g/mol. The molecule has 0 radical (unpaired) electrons. The van der Waals surface area contributed by atoms with E-state index in [0.717, 1.165) is 0 Å². The summed E-state index contributed by atoms with van der Waals surface area (Å²) in [6, 6.07) is 0. The van der Waals surface area contributed by atoms with Crippen LogP contribution < -0.4 is 5.32 Å². The molecule has 8 heavy (non-hydrogen) atoms. The summed E-state index contributed by atoms with van der Waals surface area (Å²) >= 11 is 3.49. The van der Waals surface area contributed by atoms with Crippen molar-refractivity contribution in [2.24, 2.45) is 0 Å². The van der Waals surface area contributed by atoms with Gasteiger partial charge in [0.05, 0.1) is 13.2 Å². The van der Waals surface area contributed by atoms with Gasteiger partial charge in [0.2, 0.25) is 0 Å². The summed E-state index contributed by atoms with van der Waals surface area (Å²) < 4.78 is 0. The number of nitrogens with one attached hydrogen (secondary N) is 1. The molecule has 0 atom stereocenters. The molecule has 0 spiro atoms. The molecule has 0 aromatic heterocycles. The summed E-state index contributed by atoms with van der Waals surface area (Å²) in [5, 5.41) is 10.6. The average molecular weight is 135 g/mol. The van der Waals surface area contributed by atoms with Crippen LogP contribution in [0.5, 0.6) is 0 Å². The Balaban J connectivity index is 2.82. The normalized spacial score (nSPS) is 9.25. The zero-order valence-corrected chi connectivity index (χ0v) is 5.32. The minimum atomic E-state index is -0.210. The van der Waals surface area contributed by atoms with Crippen LogP contribution in [0.4, 0.5) is 0 Å². The first-order chi connectivity index (χ1) is 3.77. The minimum absolute atomic E-state index is 0.0566. The maximum Gasteiger partial charge on any atom is 0.199 e. The Hall–Kier alpha value is -0.0600. The molecule has 0 aromatic rings. The molecule has 0 saturated heterocycles. The number of carbonyl (C=O) groups is 1. The van der Waals surface area contributed by atoms with E-state index in [2.05, 4.69) is 17.9 Å². The number of hydrogen-bond donors (Lipinski definition) is 3. The van der Waals surface area contributed by atoms with Gasteiger partial charge in [0.15, 0.2) is 5.12 Å². The average Bonchev–Trinajstić information content (AvgIpc) is 1.66. The highest BCUT2D eigenvalue weighted by atomic mass is 32.1. The number of hydrogen-bond acceptors (Lipinski definition) is 3. The van der Waals surface area contributed by atoms with Crippen molar-refractivity contribution in [3.63, 3.8) is 0 Å². The predicted molar refractivity (Wildman–Crippen MR) is 33.9 cm³/mol. The fourth-order valence-corrected chi connectivity index (χ4v) is 0.386. The number of carbonyl (C=O) groups excluding carboxylic acids is 1. The van der Waals surface area contributed by atoms with Gasteiger partial charge in [0.1, 0.15) is 0 Å². The molecule has 0 aliphatic heterocycles. The van der Waals surface area contributed by atoms with Crippen LogP contribution >= 0.6 is 12.6 Å².